The first-order valence-corrected chi connectivity index (χ1v) is 7.95. The molecule has 0 bridgehead atoms. The lowest BCUT2D eigenvalue weighted by Crippen LogP contribution is -2.43. The van der Waals surface area contributed by atoms with E-state index in [1.165, 1.54) is 36.2 Å². The van der Waals surface area contributed by atoms with Crippen LogP contribution in [-0.2, 0) is 6.42 Å². The summed E-state index contributed by atoms with van der Waals surface area (Å²) in [7, 11) is 0. The molecule has 2 nitrogen and oxygen atoms in total. The van der Waals surface area contributed by atoms with Crippen LogP contribution in [0.5, 0.6) is 0 Å². The zero-order valence-corrected chi connectivity index (χ0v) is 13.8. The highest BCUT2D eigenvalue weighted by atomic mass is 15.1. The largest absolute Gasteiger partial charge is 0.371 e. The zero-order valence-electron chi connectivity index (χ0n) is 13.8. The molecule has 0 radical (unpaired) electrons. The van der Waals surface area contributed by atoms with Gasteiger partial charge in [-0.25, -0.2) is 0 Å². The van der Waals surface area contributed by atoms with Gasteiger partial charge in [0.15, 0.2) is 0 Å². The van der Waals surface area contributed by atoms with Crippen LogP contribution in [0.1, 0.15) is 45.2 Å². The van der Waals surface area contributed by atoms with E-state index in [2.05, 4.69) is 63.0 Å². The predicted molar refractivity (Wildman–Crippen MR) is 88.6 cm³/mol. The average Bonchev–Trinajstić information content (AvgIpc) is 2.36. The van der Waals surface area contributed by atoms with Crippen molar-refractivity contribution in [1.82, 2.24) is 5.32 Å². The Morgan fingerprint density at radius 1 is 1.30 bits per heavy atom. The van der Waals surface area contributed by atoms with Gasteiger partial charge in [-0.2, -0.15) is 0 Å². The molecule has 0 saturated heterocycles. The first-order valence-electron chi connectivity index (χ1n) is 7.95. The van der Waals surface area contributed by atoms with Gasteiger partial charge in [0.05, 0.1) is 0 Å². The normalized spacial score (nSPS) is 15.6. The Bertz CT molecular complexity index is 449. The van der Waals surface area contributed by atoms with E-state index in [-0.39, 0.29) is 0 Å². The van der Waals surface area contributed by atoms with Gasteiger partial charge >= 0.3 is 0 Å². The van der Waals surface area contributed by atoms with Gasteiger partial charge in [0.1, 0.15) is 0 Å². The molecule has 0 aliphatic carbocycles. The van der Waals surface area contributed by atoms with Crippen LogP contribution in [0.4, 0.5) is 5.69 Å². The van der Waals surface area contributed by atoms with Crippen LogP contribution in [-0.4, -0.2) is 25.7 Å². The molecular weight excluding hydrogens is 244 g/mol. The Kier molecular flexibility index (Phi) is 4.74. The van der Waals surface area contributed by atoms with Crippen LogP contribution in [0.3, 0.4) is 0 Å². The minimum Gasteiger partial charge on any atom is -0.371 e. The Hall–Kier alpha value is -1.02. The molecule has 0 aromatic heterocycles. The van der Waals surface area contributed by atoms with Gasteiger partial charge in [-0.15, -0.1) is 0 Å². The number of fused-ring (bicyclic) bond motifs is 1. The summed E-state index contributed by atoms with van der Waals surface area (Å²) >= 11 is 0. The number of benzene rings is 1. The molecule has 0 saturated carbocycles. The van der Waals surface area contributed by atoms with Crippen LogP contribution in [0, 0.1) is 12.3 Å². The number of aryl methyl sites for hydroxylation is 2. The van der Waals surface area contributed by atoms with Crippen molar-refractivity contribution in [2.75, 3.05) is 24.5 Å². The monoisotopic (exact) mass is 274 g/mol. The molecule has 0 amide bonds. The number of hydrogen-bond acceptors (Lipinski definition) is 2. The van der Waals surface area contributed by atoms with E-state index in [1.54, 1.807) is 0 Å². The van der Waals surface area contributed by atoms with E-state index in [0.29, 0.717) is 11.5 Å². The van der Waals surface area contributed by atoms with Gasteiger partial charge < -0.3 is 10.2 Å². The van der Waals surface area contributed by atoms with Crippen molar-refractivity contribution in [2.24, 2.45) is 5.41 Å². The summed E-state index contributed by atoms with van der Waals surface area (Å²) in [4.78, 5) is 2.58. The maximum atomic E-state index is 3.58. The maximum Gasteiger partial charge on any atom is 0.0399 e. The highest BCUT2D eigenvalue weighted by Crippen LogP contribution is 2.30. The number of nitrogens with one attached hydrogen (secondary N) is 1. The van der Waals surface area contributed by atoms with Crippen molar-refractivity contribution in [3.05, 3.63) is 29.3 Å². The molecule has 1 aliphatic rings. The number of nitrogens with zero attached hydrogens (tertiary/aromatic N) is 1. The quantitative estimate of drug-likeness (QED) is 0.879. The van der Waals surface area contributed by atoms with Crippen LogP contribution in [0.15, 0.2) is 18.2 Å². The zero-order chi connectivity index (χ0) is 14.8. The molecule has 0 atom stereocenters. The number of hydrogen-bond donors (Lipinski definition) is 1. The smallest absolute Gasteiger partial charge is 0.0399 e. The van der Waals surface area contributed by atoms with Gasteiger partial charge in [0.2, 0.25) is 0 Å². The fraction of sp³-hybridized carbons (Fsp3) is 0.667. The number of anilines is 1. The van der Waals surface area contributed by atoms with E-state index >= 15 is 0 Å². The lowest BCUT2D eigenvalue weighted by atomic mass is 9.90. The summed E-state index contributed by atoms with van der Waals surface area (Å²) in [6.45, 7) is 14.8. The van der Waals surface area contributed by atoms with Gasteiger partial charge in [-0.1, -0.05) is 45.4 Å². The lowest BCUT2D eigenvalue weighted by Gasteiger charge is -2.38. The fourth-order valence-electron chi connectivity index (χ4n) is 3.02. The van der Waals surface area contributed by atoms with E-state index in [4.69, 9.17) is 0 Å². The summed E-state index contributed by atoms with van der Waals surface area (Å²) in [6, 6.07) is 7.48. The third-order valence-corrected chi connectivity index (χ3v) is 4.06. The van der Waals surface area contributed by atoms with Crippen LogP contribution in [0.25, 0.3) is 0 Å². The van der Waals surface area contributed by atoms with Crippen LogP contribution < -0.4 is 10.2 Å². The molecule has 2 heteroatoms. The lowest BCUT2D eigenvalue weighted by molar-refractivity contribution is 0.327. The van der Waals surface area contributed by atoms with E-state index in [0.717, 1.165) is 13.1 Å². The highest BCUT2D eigenvalue weighted by Gasteiger charge is 2.25. The SMILES string of the molecule is Cc1ccc2c(c1)CCCN2CC(C)(C)CNC(C)C. The third-order valence-electron chi connectivity index (χ3n) is 4.06. The Labute approximate surface area is 124 Å². The molecule has 1 aliphatic heterocycles. The van der Waals surface area contributed by atoms with E-state index in [9.17, 15) is 0 Å². The standard InChI is InChI=1S/C18H30N2/c1-14(2)19-12-18(4,5)13-20-10-6-7-16-11-15(3)8-9-17(16)20/h8-9,11,14,19H,6-7,10,12-13H2,1-5H3. The third kappa shape index (κ3) is 3.99. The van der Waals surface area contributed by atoms with Gasteiger partial charge in [0.25, 0.3) is 0 Å². The van der Waals surface area contributed by atoms with Crippen LogP contribution >= 0.6 is 0 Å². The molecule has 20 heavy (non-hydrogen) atoms. The molecule has 1 N–H and O–H groups in total. The molecule has 0 spiro atoms. The Morgan fingerprint density at radius 3 is 2.75 bits per heavy atom. The van der Waals surface area contributed by atoms with Crippen molar-refractivity contribution in [3.63, 3.8) is 0 Å². The number of rotatable bonds is 5. The molecular formula is C18H30N2. The topological polar surface area (TPSA) is 15.3 Å². The highest BCUT2D eigenvalue weighted by molar-refractivity contribution is 5.56. The summed E-state index contributed by atoms with van der Waals surface area (Å²) in [5.74, 6) is 0. The molecule has 1 heterocycles. The molecule has 1 aromatic rings. The van der Waals surface area contributed by atoms with Gasteiger partial charge in [0, 0.05) is 31.4 Å². The van der Waals surface area contributed by atoms with Gasteiger partial charge in [-0.3, -0.25) is 0 Å². The second-order valence-corrected chi connectivity index (χ2v) is 7.36. The second kappa shape index (κ2) is 6.17. The molecule has 1 aromatic carbocycles. The second-order valence-electron chi connectivity index (χ2n) is 7.36. The Morgan fingerprint density at radius 2 is 2.05 bits per heavy atom. The first kappa shape index (κ1) is 15.4. The average molecular weight is 274 g/mol. The van der Waals surface area contributed by atoms with Crippen molar-refractivity contribution >= 4 is 5.69 Å². The van der Waals surface area contributed by atoms with Crippen molar-refractivity contribution in [2.45, 2.75) is 53.5 Å². The molecule has 2 rings (SSSR count). The van der Waals surface area contributed by atoms with Gasteiger partial charge in [-0.05, 0) is 36.8 Å². The summed E-state index contributed by atoms with van der Waals surface area (Å²) in [6.07, 6.45) is 2.52. The summed E-state index contributed by atoms with van der Waals surface area (Å²) < 4.78 is 0. The molecule has 0 unspecified atom stereocenters. The van der Waals surface area contributed by atoms with Crippen molar-refractivity contribution < 1.29 is 0 Å². The summed E-state index contributed by atoms with van der Waals surface area (Å²) in [5, 5.41) is 3.58. The van der Waals surface area contributed by atoms with E-state index < -0.39 is 0 Å². The van der Waals surface area contributed by atoms with Crippen LogP contribution in [0.2, 0.25) is 0 Å². The van der Waals surface area contributed by atoms with Crippen molar-refractivity contribution in [3.8, 4) is 0 Å². The molecule has 112 valence electrons. The fourth-order valence-corrected chi connectivity index (χ4v) is 3.02. The summed E-state index contributed by atoms with van der Waals surface area (Å²) in [5.41, 5.74) is 4.67. The minimum absolute atomic E-state index is 0.295. The first-order chi connectivity index (χ1) is 9.37. The van der Waals surface area contributed by atoms with Crippen molar-refractivity contribution in [1.29, 1.82) is 0 Å². The molecule has 0 fully saturated rings. The maximum absolute atomic E-state index is 3.58. The minimum atomic E-state index is 0.295. The Balaban J connectivity index is 2.07. The van der Waals surface area contributed by atoms with E-state index in [1.807, 2.05) is 0 Å². The predicted octanol–water partition coefficient (Wildman–Crippen LogP) is 3.77.